The maximum Gasteiger partial charge on any atom is 0.328 e. The fourth-order valence-electron chi connectivity index (χ4n) is 2.59. The van der Waals surface area contributed by atoms with Gasteiger partial charge in [-0.3, -0.25) is 9.55 Å². The molecule has 0 saturated carbocycles. The molecule has 0 saturated heterocycles. The summed E-state index contributed by atoms with van der Waals surface area (Å²) in [5, 5.41) is -0.141. The second-order valence-electron chi connectivity index (χ2n) is 5.79. The minimum absolute atomic E-state index is 0.0119. The van der Waals surface area contributed by atoms with Crippen LogP contribution in [0.4, 0.5) is 5.82 Å². The van der Waals surface area contributed by atoms with Crippen molar-refractivity contribution in [2.24, 2.45) is 0 Å². The third-order valence-electron chi connectivity index (χ3n) is 3.72. The third kappa shape index (κ3) is 3.25. The number of aryl methyl sites for hydroxylation is 1. The summed E-state index contributed by atoms with van der Waals surface area (Å²) < 4.78 is 21.9. The van der Waals surface area contributed by atoms with Crippen LogP contribution >= 0.6 is 0 Å². The van der Waals surface area contributed by atoms with Crippen molar-refractivity contribution in [3.63, 3.8) is 0 Å². The lowest BCUT2D eigenvalue weighted by molar-refractivity contribution is 0.665. The second kappa shape index (κ2) is 6.28. The van der Waals surface area contributed by atoms with Gasteiger partial charge >= 0.3 is 5.69 Å². The molecule has 3 rings (SSSR count). The summed E-state index contributed by atoms with van der Waals surface area (Å²) in [5.74, 6) is 0.147. The SMILES string of the molecule is CCCS(=N)(=O)c1nc(N)c2[nH]c(=O)n(Cc3ccnc(C)c3)c2n1. The maximum absolute atomic E-state index is 12.5. The molecular formula is C15H19N7O2S. The molecule has 3 aromatic rings. The summed E-state index contributed by atoms with van der Waals surface area (Å²) in [7, 11) is -3.15. The zero-order valence-electron chi connectivity index (χ0n) is 13.9. The van der Waals surface area contributed by atoms with Gasteiger partial charge < -0.3 is 10.7 Å². The first-order valence-corrected chi connectivity index (χ1v) is 9.48. The zero-order valence-corrected chi connectivity index (χ0v) is 14.8. The topological polar surface area (TPSA) is 143 Å². The highest BCUT2D eigenvalue weighted by Gasteiger charge is 2.19. The van der Waals surface area contributed by atoms with Crippen LogP contribution in [0.15, 0.2) is 28.3 Å². The molecular weight excluding hydrogens is 342 g/mol. The largest absolute Gasteiger partial charge is 0.382 e. The maximum atomic E-state index is 12.5. The predicted octanol–water partition coefficient (Wildman–Crippen LogP) is 1.27. The molecule has 0 fully saturated rings. The number of aromatic amines is 1. The summed E-state index contributed by atoms with van der Waals surface area (Å²) in [5.41, 5.74) is 7.73. The van der Waals surface area contributed by atoms with Crippen molar-refractivity contribution in [3.8, 4) is 0 Å². The number of hydrogen-bond acceptors (Lipinski definition) is 7. The lowest BCUT2D eigenvalue weighted by Gasteiger charge is -2.08. The summed E-state index contributed by atoms with van der Waals surface area (Å²) >= 11 is 0. The quantitative estimate of drug-likeness (QED) is 0.584. The van der Waals surface area contributed by atoms with Crippen LogP contribution in [0.2, 0.25) is 0 Å². The number of nitrogen functional groups attached to an aromatic ring is 1. The number of hydrogen-bond donors (Lipinski definition) is 3. The molecule has 9 nitrogen and oxygen atoms in total. The third-order valence-corrected chi connectivity index (χ3v) is 5.47. The Balaban J connectivity index is 2.17. The summed E-state index contributed by atoms with van der Waals surface area (Å²) in [6.45, 7) is 3.94. The summed E-state index contributed by atoms with van der Waals surface area (Å²) in [6.07, 6.45) is 2.22. The van der Waals surface area contributed by atoms with Gasteiger partial charge in [-0.05, 0) is 31.0 Å². The Labute approximate surface area is 144 Å². The average molecular weight is 361 g/mol. The minimum atomic E-state index is -3.15. The molecule has 1 atom stereocenters. The number of H-pyrrole nitrogens is 1. The average Bonchev–Trinajstić information content (AvgIpc) is 2.84. The van der Waals surface area contributed by atoms with Crippen molar-refractivity contribution in [3.05, 3.63) is 40.1 Å². The molecule has 0 spiro atoms. The van der Waals surface area contributed by atoms with Crippen molar-refractivity contribution in [2.75, 3.05) is 11.5 Å². The van der Waals surface area contributed by atoms with Gasteiger partial charge in [0.25, 0.3) is 0 Å². The van der Waals surface area contributed by atoms with E-state index in [2.05, 4.69) is 19.9 Å². The van der Waals surface area contributed by atoms with Gasteiger partial charge in [0.2, 0.25) is 5.16 Å². The van der Waals surface area contributed by atoms with Crippen LogP contribution in [-0.2, 0) is 16.3 Å². The van der Waals surface area contributed by atoms with Gasteiger partial charge in [-0.1, -0.05) is 6.92 Å². The molecule has 0 aliphatic carbocycles. The van der Waals surface area contributed by atoms with E-state index in [1.807, 2.05) is 19.9 Å². The highest BCUT2D eigenvalue weighted by molar-refractivity contribution is 7.92. The van der Waals surface area contributed by atoms with Crippen LogP contribution in [0.3, 0.4) is 0 Å². The lowest BCUT2D eigenvalue weighted by Crippen LogP contribution is -2.18. The minimum Gasteiger partial charge on any atom is -0.382 e. The van der Waals surface area contributed by atoms with E-state index in [1.165, 1.54) is 4.57 Å². The Morgan fingerprint density at radius 1 is 1.40 bits per heavy atom. The molecule has 0 aromatic carbocycles. The van der Waals surface area contributed by atoms with E-state index >= 15 is 0 Å². The molecule has 0 amide bonds. The molecule has 25 heavy (non-hydrogen) atoms. The van der Waals surface area contributed by atoms with Crippen LogP contribution in [0, 0.1) is 11.7 Å². The smallest absolute Gasteiger partial charge is 0.328 e. The fourth-order valence-corrected chi connectivity index (χ4v) is 3.83. The number of fused-ring (bicyclic) bond motifs is 1. The molecule has 3 aromatic heterocycles. The number of anilines is 1. The Bertz CT molecular complexity index is 1100. The van der Waals surface area contributed by atoms with Gasteiger partial charge in [-0.15, -0.1) is 0 Å². The predicted molar refractivity (Wildman–Crippen MR) is 94.9 cm³/mol. The monoisotopic (exact) mass is 361 g/mol. The lowest BCUT2D eigenvalue weighted by atomic mass is 10.2. The first-order valence-electron chi connectivity index (χ1n) is 7.76. The Morgan fingerprint density at radius 2 is 2.16 bits per heavy atom. The standard InChI is InChI=1S/C15H19N7O2S/c1-3-6-25(17,24)14-20-12(16)11-13(21-14)22(15(23)19-11)8-10-4-5-18-9(2)7-10/h4-5,7,17H,3,6,8H2,1-2H3,(H,19,23)(H2,16,20,21). The van der Waals surface area contributed by atoms with Crippen LogP contribution in [-0.4, -0.2) is 34.5 Å². The van der Waals surface area contributed by atoms with Gasteiger partial charge in [-0.2, -0.15) is 4.98 Å². The van der Waals surface area contributed by atoms with Crippen molar-refractivity contribution in [1.29, 1.82) is 4.78 Å². The first-order chi connectivity index (χ1) is 11.8. The van der Waals surface area contributed by atoms with Gasteiger partial charge in [-0.25, -0.2) is 18.8 Å². The molecule has 0 aliphatic rings. The van der Waals surface area contributed by atoms with E-state index in [1.54, 1.807) is 12.3 Å². The van der Waals surface area contributed by atoms with E-state index in [4.69, 9.17) is 10.5 Å². The van der Waals surface area contributed by atoms with Crippen molar-refractivity contribution in [1.82, 2.24) is 24.5 Å². The summed E-state index contributed by atoms with van der Waals surface area (Å²) in [6, 6.07) is 3.66. The van der Waals surface area contributed by atoms with E-state index in [9.17, 15) is 9.00 Å². The molecule has 132 valence electrons. The van der Waals surface area contributed by atoms with E-state index < -0.39 is 15.4 Å². The van der Waals surface area contributed by atoms with Gasteiger partial charge in [0, 0.05) is 17.6 Å². The van der Waals surface area contributed by atoms with E-state index in [0.717, 1.165) is 11.3 Å². The molecule has 0 aliphatic heterocycles. The molecule has 3 heterocycles. The summed E-state index contributed by atoms with van der Waals surface area (Å²) in [4.78, 5) is 27.3. The van der Waals surface area contributed by atoms with Crippen LogP contribution in [0.5, 0.6) is 0 Å². The highest BCUT2D eigenvalue weighted by Crippen LogP contribution is 2.19. The molecule has 4 N–H and O–H groups in total. The van der Waals surface area contributed by atoms with E-state index in [-0.39, 0.29) is 34.4 Å². The zero-order chi connectivity index (χ0) is 18.2. The van der Waals surface area contributed by atoms with Gasteiger partial charge in [0.1, 0.15) is 15.2 Å². The first kappa shape index (κ1) is 17.1. The van der Waals surface area contributed by atoms with Crippen LogP contribution < -0.4 is 11.4 Å². The van der Waals surface area contributed by atoms with Gasteiger partial charge in [0.05, 0.1) is 6.54 Å². The Kier molecular flexibility index (Phi) is 4.29. The number of nitrogens with one attached hydrogen (secondary N) is 2. The Hall–Kier alpha value is -2.75. The van der Waals surface area contributed by atoms with E-state index in [0.29, 0.717) is 6.42 Å². The number of nitrogens with zero attached hydrogens (tertiary/aromatic N) is 4. The normalized spacial score (nSPS) is 13.8. The Morgan fingerprint density at radius 3 is 2.84 bits per heavy atom. The fraction of sp³-hybridized carbons (Fsp3) is 0.333. The van der Waals surface area contributed by atoms with Crippen LogP contribution in [0.25, 0.3) is 11.2 Å². The van der Waals surface area contributed by atoms with Crippen LogP contribution in [0.1, 0.15) is 24.6 Å². The van der Waals surface area contributed by atoms with Crippen molar-refractivity contribution in [2.45, 2.75) is 32.0 Å². The molecule has 1 unspecified atom stereocenters. The number of rotatable bonds is 5. The second-order valence-corrected chi connectivity index (χ2v) is 7.92. The number of imidazole rings is 1. The van der Waals surface area contributed by atoms with Gasteiger partial charge in [0.15, 0.2) is 11.5 Å². The van der Waals surface area contributed by atoms with Crippen molar-refractivity contribution < 1.29 is 4.21 Å². The van der Waals surface area contributed by atoms with Crippen molar-refractivity contribution >= 4 is 26.7 Å². The number of pyridine rings is 1. The molecule has 0 bridgehead atoms. The number of aromatic nitrogens is 5. The molecule has 10 heteroatoms. The molecule has 0 radical (unpaired) electrons. The highest BCUT2D eigenvalue weighted by atomic mass is 32.2. The number of nitrogens with two attached hydrogens (primary N) is 1.